The van der Waals surface area contributed by atoms with Gasteiger partial charge in [-0.05, 0) is 75.5 Å². The van der Waals surface area contributed by atoms with E-state index in [9.17, 15) is 14.4 Å². The number of nitrogens with zero attached hydrogens (tertiary/aromatic N) is 2. The van der Waals surface area contributed by atoms with Gasteiger partial charge in [0, 0.05) is 22.7 Å². The SMILES string of the molecule is COc1cc(C(=O)N2CCCC(OC(=O)CN(C)C)c3cc(Cl)ccc32)ccc1NC(=O)c1ccccc1Cl. The molecule has 0 aliphatic carbocycles. The molecule has 1 atom stereocenters. The minimum atomic E-state index is -0.527. The molecule has 1 aliphatic rings. The van der Waals surface area contributed by atoms with E-state index in [0.717, 1.165) is 0 Å². The predicted molar refractivity (Wildman–Crippen MR) is 152 cm³/mol. The first-order valence-corrected chi connectivity index (χ1v) is 13.1. The molecule has 2 amide bonds. The van der Waals surface area contributed by atoms with Crippen LogP contribution in [-0.4, -0.2) is 57.0 Å². The lowest BCUT2D eigenvalue weighted by molar-refractivity contribution is -0.150. The highest BCUT2D eigenvalue weighted by atomic mass is 35.5. The zero-order valence-electron chi connectivity index (χ0n) is 21.9. The van der Waals surface area contributed by atoms with Crippen molar-refractivity contribution >= 4 is 52.4 Å². The monoisotopic (exact) mass is 569 g/mol. The van der Waals surface area contributed by atoms with Crippen LogP contribution in [0.1, 0.15) is 45.2 Å². The van der Waals surface area contributed by atoms with E-state index in [-0.39, 0.29) is 18.4 Å². The fraction of sp³-hybridized carbons (Fsp3) is 0.276. The van der Waals surface area contributed by atoms with Crippen molar-refractivity contribution in [2.75, 3.05) is 44.5 Å². The van der Waals surface area contributed by atoms with Crippen molar-refractivity contribution in [1.29, 1.82) is 0 Å². The number of benzene rings is 3. The third kappa shape index (κ3) is 6.71. The molecular weight excluding hydrogens is 541 g/mol. The van der Waals surface area contributed by atoms with Gasteiger partial charge in [-0.1, -0.05) is 35.3 Å². The molecule has 0 bridgehead atoms. The van der Waals surface area contributed by atoms with Crippen molar-refractivity contribution in [3.63, 3.8) is 0 Å². The number of halogens is 2. The van der Waals surface area contributed by atoms with E-state index in [1.807, 2.05) is 0 Å². The molecule has 3 aromatic rings. The van der Waals surface area contributed by atoms with Crippen LogP contribution < -0.4 is 15.0 Å². The standard InChI is InChI=1S/C29H29Cl2N3O5/c1-33(2)17-27(35)39-25-9-6-14-34(24-13-11-19(30)16-21(24)25)29(37)18-10-12-23(26(15-18)38-3)32-28(36)20-7-4-5-8-22(20)31/h4-5,7-8,10-13,15-16,25H,6,9,14,17H2,1-3H3,(H,32,36). The summed E-state index contributed by atoms with van der Waals surface area (Å²) in [4.78, 5) is 42.3. The van der Waals surface area contributed by atoms with Crippen molar-refractivity contribution in [3.8, 4) is 5.75 Å². The Morgan fingerprint density at radius 1 is 1.05 bits per heavy atom. The summed E-state index contributed by atoms with van der Waals surface area (Å²) in [5.74, 6) is -0.690. The lowest BCUT2D eigenvalue weighted by Gasteiger charge is -2.25. The number of esters is 1. The highest BCUT2D eigenvalue weighted by molar-refractivity contribution is 6.34. The zero-order chi connectivity index (χ0) is 28.1. The Bertz CT molecular complexity index is 1400. The van der Waals surface area contributed by atoms with Gasteiger partial charge in [0.1, 0.15) is 11.9 Å². The summed E-state index contributed by atoms with van der Waals surface area (Å²) in [6.45, 7) is 0.566. The lowest BCUT2D eigenvalue weighted by Crippen LogP contribution is -2.32. The summed E-state index contributed by atoms with van der Waals surface area (Å²) in [5, 5.41) is 3.60. The van der Waals surface area contributed by atoms with E-state index in [1.54, 1.807) is 84.6 Å². The number of anilines is 2. The molecule has 3 aromatic carbocycles. The van der Waals surface area contributed by atoms with Crippen LogP contribution in [0.5, 0.6) is 5.75 Å². The van der Waals surface area contributed by atoms with Crippen LogP contribution in [0.2, 0.25) is 10.0 Å². The number of rotatable bonds is 7. The molecule has 0 radical (unpaired) electrons. The van der Waals surface area contributed by atoms with Gasteiger partial charge < -0.3 is 19.7 Å². The van der Waals surface area contributed by atoms with Gasteiger partial charge in [0.25, 0.3) is 11.8 Å². The first-order valence-electron chi connectivity index (χ1n) is 12.4. The smallest absolute Gasteiger partial charge is 0.320 e. The molecule has 0 aromatic heterocycles. The normalized spacial score (nSPS) is 14.8. The molecule has 0 saturated heterocycles. The quantitative estimate of drug-likeness (QED) is 0.359. The predicted octanol–water partition coefficient (Wildman–Crippen LogP) is 5.84. The summed E-state index contributed by atoms with van der Waals surface area (Å²) < 4.78 is 11.3. The summed E-state index contributed by atoms with van der Waals surface area (Å²) >= 11 is 12.5. The highest BCUT2D eigenvalue weighted by Crippen LogP contribution is 2.38. The summed E-state index contributed by atoms with van der Waals surface area (Å²) in [5.41, 5.74) is 2.39. The van der Waals surface area contributed by atoms with Crippen LogP contribution >= 0.6 is 23.2 Å². The molecule has 1 N–H and O–H groups in total. The van der Waals surface area contributed by atoms with Crippen LogP contribution in [0.25, 0.3) is 0 Å². The maximum absolute atomic E-state index is 13.8. The van der Waals surface area contributed by atoms with Crippen LogP contribution in [0, 0.1) is 0 Å². The maximum atomic E-state index is 13.8. The van der Waals surface area contributed by atoms with Crippen LogP contribution in [0.4, 0.5) is 11.4 Å². The van der Waals surface area contributed by atoms with E-state index < -0.39 is 12.0 Å². The fourth-order valence-corrected chi connectivity index (χ4v) is 4.85. The largest absolute Gasteiger partial charge is 0.495 e. The van der Waals surface area contributed by atoms with Crippen molar-refractivity contribution in [3.05, 3.63) is 87.4 Å². The Labute approximate surface area is 237 Å². The first-order chi connectivity index (χ1) is 18.7. The van der Waals surface area contributed by atoms with E-state index in [0.29, 0.717) is 63.2 Å². The topological polar surface area (TPSA) is 88.2 Å². The number of hydrogen-bond donors (Lipinski definition) is 1. The van der Waals surface area contributed by atoms with E-state index >= 15 is 0 Å². The molecule has 0 spiro atoms. The van der Waals surface area contributed by atoms with Crippen molar-refractivity contribution in [1.82, 2.24) is 4.90 Å². The number of hydrogen-bond acceptors (Lipinski definition) is 6. The van der Waals surface area contributed by atoms with Gasteiger partial charge in [-0.2, -0.15) is 0 Å². The van der Waals surface area contributed by atoms with Gasteiger partial charge in [0.15, 0.2) is 0 Å². The van der Waals surface area contributed by atoms with Gasteiger partial charge in [-0.15, -0.1) is 0 Å². The number of methoxy groups -OCH3 is 1. The van der Waals surface area contributed by atoms with E-state index in [4.69, 9.17) is 32.7 Å². The van der Waals surface area contributed by atoms with Crippen molar-refractivity contribution in [2.45, 2.75) is 18.9 Å². The average molecular weight is 570 g/mol. The van der Waals surface area contributed by atoms with Gasteiger partial charge >= 0.3 is 5.97 Å². The number of amides is 2. The van der Waals surface area contributed by atoms with Crippen LogP contribution in [0.15, 0.2) is 60.7 Å². The summed E-state index contributed by atoms with van der Waals surface area (Å²) in [6.07, 6.45) is 0.633. The second-order valence-corrected chi connectivity index (χ2v) is 10.2. The second kappa shape index (κ2) is 12.5. The number of fused-ring (bicyclic) bond motifs is 1. The summed E-state index contributed by atoms with van der Waals surface area (Å²) in [6, 6.07) is 16.8. The molecule has 4 rings (SSSR count). The first kappa shape index (κ1) is 28.4. The lowest BCUT2D eigenvalue weighted by atomic mass is 10.0. The fourth-order valence-electron chi connectivity index (χ4n) is 4.45. The molecular formula is C29H29Cl2N3O5. The van der Waals surface area contributed by atoms with Crippen LogP contribution in [0.3, 0.4) is 0 Å². The summed E-state index contributed by atoms with van der Waals surface area (Å²) in [7, 11) is 5.05. The Kier molecular flexibility index (Phi) is 9.12. The maximum Gasteiger partial charge on any atom is 0.320 e. The van der Waals surface area contributed by atoms with Gasteiger partial charge in [0.05, 0.1) is 35.6 Å². The minimum absolute atomic E-state index is 0.147. The molecule has 39 heavy (non-hydrogen) atoms. The number of ether oxygens (including phenoxy) is 2. The van der Waals surface area contributed by atoms with E-state index in [1.165, 1.54) is 7.11 Å². The number of nitrogens with one attached hydrogen (secondary N) is 1. The molecule has 8 nitrogen and oxygen atoms in total. The zero-order valence-corrected chi connectivity index (χ0v) is 23.4. The molecule has 10 heteroatoms. The average Bonchev–Trinajstić information content (AvgIpc) is 3.07. The Morgan fingerprint density at radius 2 is 1.82 bits per heavy atom. The van der Waals surface area contributed by atoms with Crippen LogP contribution in [-0.2, 0) is 9.53 Å². The third-order valence-electron chi connectivity index (χ3n) is 6.25. The third-order valence-corrected chi connectivity index (χ3v) is 6.82. The number of likely N-dealkylation sites (N-methyl/N-ethyl adjacent to an activating group) is 1. The van der Waals surface area contributed by atoms with Crippen molar-refractivity contribution < 1.29 is 23.9 Å². The molecule has 1 aliphatic heterocycles. The Morgan fingerprint density at radius 3 is 2.54 bits per heavy atom. The van der Waals surface area contributed by atoms with Gasteiger partial charge in [0.2, 0.25) is 0 Å². The molecule has 204 valence electrons. The van der Waals surface area contributed by atoms with Crippen molar-refractivity contribution in [2.24, 2.45) is 0 Å². The molecule has 0 saturated carbocycles. The highest BCUT2D eigenvalue weighted by Gasteiger charge is 2.30. The molecule has 1 heterocycles. The van der Waals surface area contributed by atoms with E-state index in [2.05, 4.69) is 5.32 Å². The van der Waals surface area contributed by atoms with Gasteiger partial charge in [-0.25, -0.2) is 0 Å². The molecule has 1 unspecified atom stereocenters. The Hall–Kier alpha value is -3.59. The molecule has 0 fully saturated rings. The minimum Gasteiger partial charge on any atom is -0.495 e. The number of carbonyl (C=O) groups is 3. The number of carbonyl (C=O) groups excluding carboxylic acids is 3. The second-order valence-electron chi connectivity index (χ2n) is 9.37. The Balaban J connectivity index is 1.60. The van der Waals surface area contributed by atoms with Gasteiger partial charge in [-0.3, -0.25) is 19.3 Å².